The van der Waals surface area contributed by atoms with Crippen LogP contribution in [0.1, 0.15) is 26.6 Å². The number of rotatable bonds is 6. The van der Waals surface area contributed by atoms with E-state index in [2.05, 4.69) is 26.0 Å². The Morgan fingerprint density at radius 2 is 2.06 bits per heavy atom. The summed E-state index contributed by atoms with van der Waals surface area (Å²) >= 11 is 0. The fraction of sp³-hybridized carbons (Fsp3) is 0.545. The molecule has 0 radical (unpaired) electrons. The maximum atomic E-state index is 11.5. The number of nitrogens with zero attached hydrogens (tertiary/aromatic N) is 2. The molecule has 0 saturated carbocycles. The molecule has 0 bridgehead atoms. The van der Waals surface area contributed by atoms with Gasteiger partial charge in [0.2, 0.25) is 5.91 Å². The van der Waals surface area contributed by atoms with Gasteiger partial charge in [-0.2, -0.15) is 0 Å². The van der Waals surface area contributed by atoms with Crippen molar-refractivity contribution < 1.29 is 4.79 Å². The number of aromatic nitrogens is 2. The van der Waals surface area contributed by atoms with Gasteiger partial charge in [-0.15, -0.1) is 0 Å². The summed E-state index contributed by atoms with van der Waals surface area (Å²) < 4.78 is 0. The average molecular weight is 252 g/mol. The van der Waals surface area contributed by atoms with Crippen molar-refractivity contribution in [3.05, 3.63) is 11.9 Å². The molecule has 1 heterocycles. The first-order chi connectivity index (χ1) is 8.55. The minimum atomic E-state index is -0.0797. The number of nitrogen functional groups attached to an aromatic ring is 1. The van der Waals surface area contributed by atoms with Gasteiger partial charge in [0, 0.05) is 18.5 Å². The Labute approximate surface area is 107 Å². The van der Waals surface area contributed by atoms with Gasteiger partial charge in [0.25, 0.3) is 0 Å². The van der Waals surface area contributed by atoms with Crippen LogP contribution in [0.25, 0.3) is 0 Å². The van der Waals surface area contributed by atoms with Crippen LogP contribution in [0.2, 0.25) is 0 Å². The van der Waals surface area contributed by atoms with E-state index in [-0.39, 0.29) is 18.5 Å². The highest BCUT2D eigenvalue weighted by molar-refractivity contribution is 5.80. The second kappa shape index (κ2) is 6.75. The van der Waals surface area contributed by atoms with E-state index >= 15 is 0 Å². The number of anilines is 2. The molecular formula is C11H20N6O. The number of amides is 1. The van der Waals surface area contributed by atoms with E-state index in [0.717, 1.165) is 0 Å². The highest BCUT2D eigenvalue weighted by atomic mass is 16.1. The average Bonchev–Trinajstić information content (AvgIpc) is 2.35. The van der Waals surface area contributed by atoms with Crippen molar-refractivity contribution in [2.45, 2.75) is 33.2 Å². The Kier molecular flexibility index (Phi) is 5.31. The maximum Gasteiger partial charge on any atom is 0.239 e. The Balaban J connectivity index is 2.63. The quantitative estimate of drug-likeness (QED) is 0.427. The SMILES string of the molecule is CCc1nc(NN)cc(NCC(=O)NC(C)C)n1. The van der Waals surface area contributed by atoms with Crippen molar-refractivity contribution in [1.82, 2.24) is 15.3 Å². The lowest BCUT2D eigenvalue weighted by atomic mass is 10.4. The minimum Gasteiger partial charge on any atom is -0.361 e. The molecule has 0 fully saturated rings. The van der Waals surface area contributed by atoms with E-state index in [0.29, 0.717) is 23.9 Å². The molecule has 1 amide bonds. The van der Waals surface area contributed by atoms with Crippen LogP contribution in [0.15, 0.2) is 6.07 Å². The summed E-state index contributed by atoms with van der Waals surface area (Å²) in [5, 5.41) is 5.73. The summed E-state index contributed by atoms with van der Waals surface area (Å²) in [6, 6.07) is 1.78. The second-order valence-corrected chi connectivity index (χ2v) is 4.13. The van der Waals surface area contributed by atoms with Gasteiger partial charge in [-0.05, 0) is 13.8 Å². The van der Waals surface area contributed by atoms with Crippen LogP contribution in [0.4, 0.5) is 11.6 Å². The van der Waals surface area contributed by atoms with Crippen molar-refractivity contribution in [2.24, 2.45) is 5.84 Å². The van der Waals surface area contributed by atoms with Crippen LogP contribution in [0.5, 0.6) is 0 Å². The number of aryl methyl sites for hydroxylation is 1. The number of nitrogens with one attached hydrogen (secondary N) is 3. The zero-order valence-electron chi connectivity index (χ0n) is 10.9. The zero-order chi connectivity index (χ0) is 13.5. The molecule has 100 valence electrons. The van der Waals surface area contributed by atoms with Crippen LogP contribution in [-0.4, -0.2) is 28.5 Å². The summed E-state index contributed by atoms with van der Waals surface area (Å²) in [7, 11) is 0. The van der Waals surface area contributed by atoms with E-state index < -0.39 is 0 Å². The van der Waals surface area contributed by atoms with E-state index in [1.807, 2.05) is 20.8 Å². The van der Waals surface area contributed by atoms with Gasteiger partial charge in [-0.25, -0.2) is 15.8 Å². The van der Waals surface area contributed by atoms with E-state index in [1.54, 1.807) is 6.07 Å². The molecule has 18 heavy (non-hydrogen) atoms. The van der Waals surface area contributed by atoms with Crippen molar-refractivity contribution in [2.75, 3.05) is 17.3 Å². The zero-order valence-corrected chi connectivity index (χ0v) is 10.9. The molecule has 0 aliphatic heterocycles. The van der Waals surface area contributed by atoms with Crippen LogP contribution in [-0.2, 0) is 11.2 Å². The molecule has 1 rings (SSSR count). The summed E-state index contributed by atoms with van der Waals surface area (Å²) in [5.74, 6) is 7.00. The van der Waals surface area contributed by atoms with Crippen molar-refractivity contribution >= 4 is 17.5 Å². The summed E-state index contributed by atoms with van der Waals surface area (Å²) in [6.45, 7) is 5.94. The predicted molar refractivity (Wildman–Crippen MR) is 71.0 cm³/mol. The molecule has 0 atom stereocenters. The molecule has 0 aliphatic carbocycles. The lowest BCUT2D eigenvalue weighted by Crippen LogP contribution is -2.35. The predicted octanol–water partition coefficient (Wildman–Crippen LogP) is 0.261. The third kappa shape index (κ3) is 4.54. The normalized spacial score (nSPS) is 10.3. The Morgan fingerprint density at radius 1 is 1.39 bits per heavy atom. The first-order valence-corrected chi connectivity index (χ1v) is 5.93. The molecule has 0 spiro atoms. The fourth-order valence-corrected chi connectivity index (χ4v) is 1.36. The molecular weight excluding hydrogens is 232 g/mol. The van der Waals surface area contributed by atoms with Crippen molar-refractivity contribution in [3.8, 4) is 0 Å². The topological polar surface area (TPSA) is 105 Å². The molecule has 5 N–H and O–H groups in total. The summed E-state index contributed by atoms with van der Waals surface area (Å²) in [5.41, 5.74) is 2.47. The van der Waals surface area contributed by atoms with Gasteiger partial charge in [-0.3, -0.25) is 4.79 Å². The monoisotopic (exact) mass is 252 g/mol. The van der Waals surface area contributed by atoms with Gasteiger partial charge in [0.05, 0.1) is 6.54 Å². The Morgan fingerprint density at radius 3 is 2.61 bits per heavy atom. The van der Waals surface area contributed by atoms with Gasteiger partial charge >= 0.3 is 0 Å². The lowest BCUT2D eigenvalue weighted by molar-refractivity contribution is -0.119. The fourth-order valence-electron chi connectivity index (χ4n) is 1.36. The third-order valence-corrected chi connectivity index (χ3v) is 2.12. The van der Waals surface area contributed by atoms with Crippen molar-refractivity contribution in [1.29, 1.82) is 0 Å². The van der Waals surface area contributed by atoms with E-state index in [9.17, 15) is 4.79 Å². The standard InChI is InChI=1S/C11H20N6O/c1-4-8-15-9(5-10(16-8)17-12)13-6-11(18)14-7(2)3/h5,7H,4,6,12H2,1-3H3,(H,14,18)(H2,13,15,16,17). The summed E-state index contributed by atoms with van der Waals surface area (Å²) in [6.07, 6.45) is 0.697. The van der Waals surface area contributed by atoms with Crippen LogP contribution >= 0.6 is 0 Å². The van der Waals surface area contributed by atoms with Gasteiger partial charge < -0.3 is 16.1 Å². The molecule has 0 aromatic carbocycles. The lowest BCUT2D eigenvalue weighted by Gasteiger charge is -2.11. The van der Waals surface area contributed by atoms with Crippen LogP contribution in [0, 0.1) is 0 Å². The van der Waals surface area contributed by atoms with Gasteiger partial charge in [0.1, 0.15) is 17.5 Å². The number of carbonyl (C=O) groups excluding carboxylic acids is 1. The first-order valence-electron chi connectivity index (χ1n) is 5.93. The number of nitrogens with two attached hydrogens (primary N) is 1. The molecule has 0 saturated heterocycles. The number of hydrazine groups is 1. The number of hydrogen-bond acceptors (Lipinski definition) is 6. The number of hydrogen-bond donors (Lipinski definition) is 4. The van der Waals surface area contributed by atoms with Crippen LogP contribution < -0.4 is 21.9 Å². The molecule has 0 aliphatic rings. The van der Waals surface area contributed by atoms with Gasteiger partial charge in [-0.1, -0.05) is 6.92 Å². The maximum absolute atomic E-state index is 11.5. The first kappa shape index (κ1) is 14.2. The minimum absolute atomic E-state index is 0.0797. The smallest absolute Gasteiger partial charge is 0.239 e. The highest BCUT2D eigenvalue weighted by Gasteiger charge is 2.06. The van der Waals surface area contributed by atoms with Gasteiger partial charge in [0.15, 0.2) is 0 Å². The van der Waals surface area contributed by atoms with Crippen LogP contribution in [0.3, 0.4) is 0 Å². The van der Waals surface area contributed by atoms with E-state index in [1.165, 1.54) is 0 Å². The number of carbonyl (C=O) groups is 1. The molecule has 7 nitrogen and oxygen atoms in total. The molecule has 1 aromatic heterocycles. The Bertz CT molecular complexity index is 384. The molecule has 0 unspecified atom stereocenters. The van der Waals surface area contributed by atoms with Crippen molar-refractivity contribution in [3.63, 3.8) is 0 Å². The molecule has 7 heteroatoms. The highest BCUT2D eigenvalue weighted by Crippen LogP contribution is 2.10. The Hall–Kier alpha value is -1.89. The van der Waals surface area contributed by atoms with E-state index in [4.69, 9.17) is 5.84 Å². The molecule has 1 aromatic rings. The second-order valence-electron chi connectivity index (χ2n) is 4.13. The largest absolute Gasteiger partial charge is 0.361 e. The third-order valence-electron chi connectivity index (χ3n) is 2.12. The summed E-state index contributed by atoms with van der Waals surface area (Å²) in [4.78, 5) is 19.9.